The summed E-state index contributed by atoms with van der Waals surface area (Å²) in [7, 11) is 0. The second kappa shape index (κ2) is 4.50. The molecule has 0 spiro atoms. The van der Waals surface area contributed by atoms with Crippen LogP contribution in [0, 0.1) is 6.92 Å². The average Bonchev–Trinajstić information content (AvgIpc) is 2.35. The fraction of sp³-hybridized carbons (Fsp3) is 0.250. The average molecular weight is 253 g/mol. The molecule has 2 aromatic rings. The Morgan fingerprint density at radius 3 is 2.89 bits per heavy atom. The van der Waals surface area contributed by atoms with E-state index in [1.165, 1.54) is 0 Å². The van der Waals surface area contributed by atoms with Gasteiger partial charge in [0.25, 0.3) is 0 Å². The normalized spacial score (nSPS) is 12.3. The molecule has 1 aliphatic rings. The van der Waals surface area contributed by atoms with E-state index in [4.69, 9.17) is 4.74 Å². The van der Waals surface area contributed by atoms with Crippen LogP contribution in [0.15, 0.2) is 30.3 Å². The minimum Gasteiger partial charge on any atom is -0.438 e. The molecule has 0 radical (unpaired) electrons. The van der Waals surface area contributed by atoms with E-state index < -0.39 is 0 Å². The Hall–Kier alpha value is -2.16. The van der Waals surface area contributed by atoms with E-state index in [1.54, 1.807) is 6.92 Å². The van der Waals surface area contributed by atoms with Crippen LogP contribution in [0.3, 0.4) is 0 Å². The van der Waals surface area contributed by atoms with Gasteiger partial charge in [-0.05, 0) is 37.1 Å². The molecule has 0 saturated heterocycles. The van der Waals surface area contributed by atoms with Crippen LogP contribution < -0.4 is 4.74 Å². The molecule has 0 N–H and O–H groups in total. The number of fused-ring (bicyclic) bond motifs is 2. The topological polar surface area (TPSA) is 39.2 Å². The maximum absolute atomic E-state index is 11.2. The Bertz CT molecular complexity index is 662. The van der Waals surface area contributed by atoms with Crippen LogP contribution in [0.2, 0.25) is 0 Å². The van der Waals surface area contributed by atoms with Crippen LogP contribution in [0.5, 0.6) is 11.6 Å². The summed E-state index contributed by atoms with van der Waals surface area (Å²) in [5.41, 5.74) is 4.21. The molecule has 19 heavy (non-hydrogen) atoms. The van der Waals surface area contributed by atoms with Crippen molar-refractivity contribution in [3.05, 3.63) is 52.7 Å². The number of pyridine rings is 1. The van der Waals surface area contributed by atoms with E-state index in [2.05, 4.69) is 17.1 Å². The summed E-state index contributed by atoms with van der Waals surface area (Å²) in [5.74, 6) is 1.72. The third kappa shape index (κ3) is 2.36. The third-order valence-electron chi connectivity index (χ3n) is 3.24. The Kier molecular flexibility index (Phi) is 2.82. The number of hydrogen-bond donors (Lipinski definition) is 0. The molecule has 0 bridgehead atoms. The maximum atomic E-state index is 11.2. The van der Waals surface area contributed by atoms with Crippen molar-refractivity contribution in [2.24, 2.45) is 0 Å². The van der Waals surface area contributed by atoms with E-state index in [9.17, 15) is 4.79 Å². The van der Waals surface area contributed by atoms with Gasteiger partial charge in [0, 0.05) is 24.1 Å². The number of aromatic nitrogens is 1. The van der Waals surface area contributed by atoms with Gasteiger partial charge in [0.2, 0.25) is 5.88 Å². The molecule has 0 aliphatic carbocycles. The highest BCUT2D eigenvalue weighted by atomic mass is 16.5. The first-order chi connectivity index (χ1) is 9.11. The summed E-state index contributed by atoms with van der Waals surface area (Å²) in [6, 6.07) is 9.98. The van der Waals surface area contributed by atoms with Gasteiger partial charge < -0.3 is 4.74 Å². The van der Waals surface area contributed by atoms with Gasteiger partial charge in [-0.25, -0.2) is 4.98 Å². The maximum Gasteiger partial charge on any atom is 0.223 e. The zero-order chi connectivity index (χ0) is 13.4. The van der Waals surface area contributed by atoms with Crippen LogP contribution in [0.4, 0.5) is 0 Å². The van der Waals surface area contributed by atoms with Crippen LogP contribution in [-0.4, -0.2) is 10.8 Å². The molecule has 3 nitrogen and oxygen atoms in total. The van der Waals surface area contributed by atoms with Crippen LogP contribution >= 0.6 is 0 Å². The molecule has 0 saturated carbocycles. The molecule has 3 rings (SSSR count). The molecular formula is C16H15NO2. The second-order valence-electron chi connectivity index (χ2n) is 5.02. The number of Topliss-reactive ketones (excluding diaryl/α,β-unsaturated/α-hetero) is 1. The lowest BCUT2D eigenvalue weighted by molar-refractivity contribution is -0.116. The van der Waals surface area contributed by atoms with Crippen molar-refractivity contribution in [2.75, 3.05) is 0 Å². The standard InChI is InChI=1S/C16H15NO2/c1-10-3-5-13-9-14-8-12(7-11(2)18)4-6-15(14)19-16(13)17-10/h3-6,8H,7,9H2,1-2H3. The molecule has 3 heteroatoms. The number of aryl methyl sites for hydroxylation is 1. The molecule has 1 aromatic carbocycles. The number of benzene rings is 1. The molecule has 0 unspecified atom stereocenters. The summed E-state index contributed by atoms with van der Waals surface area (Å²) in [6.45, 7) is 3.56. The van der Waals surface area contributed by atoms with Crippen molar-refractivity contribution in [1.29, 1.82) is 0 Å². The number of carbonyl (C=O) groups excluding carboxylic acids is 1. The summed E-state index contributed by atoms with van der Waals surface area (Å²) in [6.07, 6.45) is 1.29. The number of rotatable bonds is 2. The monoisotopic (exact) mass is 253 g/mol. The van der Waals surface area contributed by atoms with Crippen molar-refractivity contribution in [2.45, 2.75) is 26.7 Å². The Morgan fingerprint density at radius 1 is 1.26 bits per heavy atom. The van der Waals surface area contributed by atoms with Gasteiger partial charge in [0.15, 0.2) is 0 Å². The van der Waals surface area contributed by atoms with Gasteiger partial charge in [-0.2, -0.15) is 0 Å². The minimum atomic E-state index is 0.175. The van der Waals surface area contributed by atoms with Gasteiger partial charge in [0.05, 0.1) is 0 Å². The van der Waals surface area contributed by atoms with E-state index in [1.807, 2.05) is 25.1 Å². The first-order valence-electron chi connectivity index (χ1n) is 6.37. The SMILES string of the molecule is CC(=O)Cc1ccc2c(c1)Cc1ccc(C)nc1O2. The molecule has 0 atom stereocenters. The first-order valence-corrected chi connectivity index (χ1v) is 6.37. The van der Waals surface area contributed by atoms with Crippen molar-refractivity contribution >= 4 is 5.78 Å². The lowest BCUT2D eigenvalue weighted by atomic mass is 9.98. The third-order valence-corrected chi connectivity index (χ3v) is 3.24. The highest BCUT2D eigenvalue weighted by Gasteiger charge is 2.18. The predicted octanol–water partition coefficient (Wildman–Crippen LogP) is 3.22. The molecular weight excluding hydrogens is 238 g/mol. The lowest BCUT2D eigenvalue weighted by Gasteiger charge is -2.20. The smallest absolute Gasteiger partial charge is 0.223 e. The fourth-order valence-electron chi connectivity index (χ4n) is 2.36. The molecule has 96 valence electrons. The Balaban J connectivity index is 1.95. The van der Waals surface area contributed by atoms with E-state index in [0.717, 1.165) is 34.6 Å². The summed E-state index contributed by atoms with van der Waals surface area (Å²) >= 11 is 0. The first kappa shape index (κ1) is 11.9. The van der Waals surface area contributed by atoms with Crippen molar-refractivity contribution in [3.8, 4) is 11.6 Å². The van der Waals surface area contributed by atoms with Gasteiger partial charge in [-0.3, -0.25) is 4.79 Å². The van der Waals surface area contributed by atoms with E-state index in [0.29, 0.717) is 12.3 Å². The number of carbonyl (C=O) groups is 1. The van der Waals surface area contributed by atoms with Crippen molar-refractivity contribution in [3.63, 3.8) is 0 Å². The van der Waals surface area contributed by atoms with Gasteiger partial charge in [-0.15, -0.1) is 0 Å². The number of ether oxygens (including phenoxy) is 1. The molecule has 1 aliphatic heterocycles. The van der Waals surface area contributed by atoms with Crippen LogP contribution in [0.25, 0.3) is 0 Å². The van der Waals surface area contributed by atoms with Crippen LogP contribution in [0.1, 0.15) is 29.3 Å². The van der Waals surface area contributed by atoms with Gasteiger partial charge >= 0.3 is 0 Å². The molecule has 1 aromatic heterocycles. The highest BCUT2D eigenvalue weighted by Crippen LogP contribution is 2.35. The summed E-state index contributed by atoms with van der Waals surface area (Å²) in [4.78, 5) is 15.6. The lowest BCUT2D eigenvalue weighted by Crippen LogP contribution is -2.06. The summed E-state index contributed by atoms with van der Waals surface area (Å²) < 4.78 is 5.82. The Morgan fingerprint density at radius 2 is 2.11 bits per heavy atom. The second-order valence-corrected chi connectivity index (χ2v) is 5.02. The summed E-state index contributed by atoms with van der Waals surface area (Å²) in [5, 5.41) is 0. The van der Waals surface area contributed by atoms with Crippen LogP contribution in [-0.2, 0) is 17.6 Å². The number of hydrogen-bond acceptors (Lipinski definition) is 3. The largest absolute Gasteiger partial charge is 0.438 e. The van der Waals surface area contributed by atoms with E-state index >= 15 is 0 Å². The minimum absolute atomic E-state index is 0.175. The fourth-order valence-corrected chi connectivity index (χ4v) is 2.36. The highest BCUT2D eigenvalue weighted by molar-refractivity contribution is 5.78. The predicted molar refractivity (Wildman–Crippen MR) is 72.7 cm³/mol. The van der Waals surface area contributed by atoms with Crippen molar-refractivity contribution in [1.82, 2.24) is 4.98 Å². The Labute approximate surface area is 112 Å². The number of nitrogens with zero attached hydrogens (tertiary/aromatic N) is 1. The zero-order valence-corrected chi connectivity index (χ0v) is 11.1. The zero-order valence-electron chi connectivity index (χ0n) is 11.1. The van der Waals surface area contributed by atoms with Gasteiger partial charge in [-0.1, -0.05) is 18.2 Å². The van der Waals surface area contributed by atoms with E-state index in [-0.39, 0.29) is 5.78 Å². The van der Waals surface area contributed by atoms with Gasteiger partial charge in [0.1, 0.15) is 11.5 Å². The quantitative estimate of drug-likeness (QED) is 0.704. The molecule has 0 amide bonds. The molecule has 0 fully saturated rings. The van der Waals surface area contributed by atoms with Crippen molar-refractivity contribution < 1.29 is 9.53 Å². The number of ketones is 1. The molecule has 2 heterocycles.